The quantitative estimate of drug-likeness (QED) is 0.669. The molecule has 0 saturated carbocycles. The van der Waals surface area contributed by atoms with Crippen LogP contribution in [0.4, 0.5) is 15.8 Å². The van der Waals surface area contributed by atoms with Gasteiger partial charge in [-0.3, -0.25) is 9.59 Å². The molecule has 0 fully saturated rings. The van der Waals surface area contributed by atoms with E-state index in [1.807, 2.05) is 42.5 Å². The highest BCUT2D eigenvalue weighted by Crippen LogP contribution is 2.23. The number of anilines is 2. The van der Waals surface area contributed by atoms with E-state index in [4.69, 9.17) is 4.42 Å². The van der Waals surface area contributed by atoms with Gasteiger partial charge >= 0.3 is 0 Å². The highest BCUT2D eigenvalue weighted by Gasteiger charge is 2.11. The van der Waals surface area contributed by atoms with Gasteiger partial charge in [0.2, 0.25) is 11.8 Å². The number of amides is 2. The summed E-state index contributed by atoms with van der Waals surface area (Å²) >= 11 is 0. The Morgan fingerprint density at radius 1 is 1.00 bits per heavy atom. The first kappa shape index (κ1) is 18.4. The van der Waals surface area contributed by atoms with Gasteiger partial charge in [-0.2, -0.15) is 0 Å². The van der Waals surface area contributed by atoms with E-state index in [2.05, 4.69) is 10.6 Å². The summed E-state index contributed by atoms with van der Waals surface area (Å²) < 4.78 is 19.6. The molecule has 3 rings (SSSR count). The Morgan fingerprint density at radius 2 is 1.78 bits per heavy atom. The van der Waals surface area contributed by atoms with E-state index in [1.165, 1.54) is 25.1 Å². The summed E-state index contributed by atoms with van der Waals surface area (Å²) in [5, 5.41) is 5.08. The maximum Gasteiger partial charge on any atom is 0.224 e. The van der Waals surface area contributed by atoms with Gasteiger partial charge in [-0.25, -0.2) is 4.39 Å². The van der Waals surface area contributed by atoms with E-state index in [9.17, 15) is 14.0 Å². The molecule has 138 valence electrons. The molecule has 0 atom stereocenters. The van der Waals surface area contributed by atoms with Gasteiger partial charge in [0.05, 0.1) is 5.69 Å². The molecule has 6 heteroatoms. The van der Waals surface area contributed by atoms with Crippen molar-refractivity contribution in [3.63, 3.8) is 0 Å². The molecule has 0 aliphatic carbocycles. The van der Waals surface area contributed by atoms with Crippen molar-refractivity contribution >= 4 is 23.2 Å². The molecule has 0 radical (unpaired) electrons. The maximum atomic E-state index is 13.9. The molecular weight excluding hydrogens is 347 g/mol. The second-order valence-corrected chi connectivity index (χ2v) is 6.06. The summed E-state index contributed by atoms with van der Waals surface area (Å²) in [4.78, 5) is 23.2. The number of hydrogen-bond donors (Lipinski definition) is 2. The summed E-state index contributed by atoms with van der Waals surface area (Å²) in [5.41, 5.74) is 1.40. The normalized spacial score (nSPS) is 10.4. The van der Waals surface area contributed by atoms with Crippen LogP contribution in [0.2, 0.25) is 0 Å². The van der Waals surface area contributed by atoms with Crippen LogP contribution >= 0.6 is 0 Å². The van der Waals surface area contributed by atoms with Crippen LogP contribution in [0.5, 0.6) is 0 Å². The highest BCUT2D eigenvalue weighted by atomic mass is 19.1. The van der Waals surface area contributed by atoms with E-state index in [-0.39, 0.29) is 23.9 Å². The van der Waals surface area contributed by atoms with Crippen LogP contribution < -0.4 is 10.6 Å². The molecule has 0 unspecified atom stereocenters. The molecule has 27 heavy (non-hydrogen) atoms. The molecular formula is C21H19FN2O3. The van der Waals surface area contributed by atoms with Crippen molar-refractivity contribution in [3.8, 4) is 11.3 Å². The molecule has 2 N–H and O–H groups in total. The Labute approximate surface area is 156 Å². The van der Waals surface area contributed by atoms with E-state index in [0.717, 1.165) is 11.3 Å². The summed E-state index contributed by atoms with van der Waals surface area (Å²) in [5.74, 6) is 0.232. The molecule has 0 aliphatic heterocycles. The molecule has 2 aromatic carbocycles. The lowest BCUT2D eigenvalue weighted by Crippen LogP contribution is -2.14. The summed E-state index contributed by atoms with van der Waals surface area (Å²) in [6.07, 6.45) is 0.539. The molecule has 3 aromatic rings. The fourth-order valence-electron chi connectivity index (χ4n) is 2.62. The topological polar surface area (TPSA) is 71.3 Å². The summed E-state index contributed by atoms with van der Waals surface area (Å²) in [6.45, 7) is 1.36. The Balaban J connectivity index is 1.59. The second kappa shape index (κ2) is 8.31. The number of nitrogens with one attached hydrogen (secondary N) is 2. The number of hydrogen-bond acceptors (Lipinski definition) is 3. The smallest absolute Gasteiger partial charge is 0.224 e. The second-order valence-electron chi connectivity index (χ2n) is 6.06. The first-order valence-corrected chi connectivity index (χ1v) is 8.52. The van der Waals surface area contributed by atoms with E-state index in [1.54, 1.807) is 0 Å². The number of furan rings is 1. The van der Waals surface area contributed by atoms with Crippen molar-refractivity contribution in [1.82, 2.24) is 0 Å². The van der Waals surface area contributed by atoms with Crippen molar-refractivity contribution in [2.45, 2.75) is 19.8 Å². The number of rotatable bonds is 6. The fourth-order valence-corrected chi connectivity index (χ4v) is 2.62. The molecule has 0 saturated heterocycles. The maximum absolute atomic E-state index is 13.9. The third-order valence-corrected chi connectivity index (χ3v) is 3.88. The predicted octanol–water partition coefficient (Wildman–Crippen LogP) is 4.62. The molecule has 2 amide bonds. The van der Waals surface area contributed by atoms with Gasteiger partial charge in [0.15, 0.2) is 0 Å². The zero-order chi connectivity index (χ0) is 19.2. The average Bonchev–Trinajstić information content (AvgIpc) is 3.12. The minimum absolute atomic E-state index is 0.0238. The summed E-state index contributed by atoms with van der Waals surface area (Å²) in [6, 6.07) is 17.4. The van der Waals surface area contributed by atoms with Gasteiger partial charge in [-0.1, -0.05) is 30.3 Å². The first-order chi connectivity index (χ1) is 13.0. The van der Waals surface area contributed by atoms with E-state index < -0.39 is 5.82 Å². The minimum atomic E-state index is -0.568. The van der Waals surface area contributed by atoms with Crippen molar-refractivity contribution in [1.29, 1.82) is 0 Å². The number of carbonyl (C=O) groups is 2. The predicted molar refractivity (Wildman–Crippen MR) is 102 cm³/mol. The SMILES string of the molecule is CC(=O)Nc1ccc(F)c(NC(=O)CCc2ccc(-c3ccccc3)o2)c1. The van der Waals surface area contributed by atoms with Gasteiger partial charge in [-0.15, -0.1) is 0 Å². The Hall–Kier alpha value is -3.41. The van der Waals surface area contributed by atoms with Crippen LogP contribution in [-0.2, 0) is 16.0 Å². The van der Waals surface area contributed by atoms with Crippen molar-refractivity contribution in [2.75, 3.05) is 10.6 Å². The van der Waals surface area contributed by atoms with Gasteiger partial charge in [0.25, 0.3) is 0 Å². The molecule has 5 nitrogen and oxygen atoms in total. The minimum Gasteiger partial charge on any atom is -0.461 e. The molecule has 1 aromatic heterocycles. The van der Waals surface area contributed by atoms with Gasteiger partial charge in [0.1, 0.15) is 17.3 Å². The lowest BCUT2D eigenvalue weighted by atomic mass is 10.2. The number of aryl methyl sites for hydroxylation is 1. The standard InChI is InChI=1S/C21H19FN2O3/c1-14(25)23-16-7-10-18(22)19(13-16)24-21(26)12-9-17-8-11-20(27-17)15-5-3-2-4-6-15/h2-8,10-11,13H,9,12H2,1H3,(H,23,25)(H,24,26). The van der Waals surface area contributed by atoms with E-state index in [0.29, 0.717) is 17.9 Å². The van der Waals surface area contributed by atoms with Crippen LogP contribution in [0.1, 0.15) is 19.1 Å². The zero-order valence-corrected chi connectivity index (χ0v) is 14.8. The van der Waals surface area contributed by atoms with Crippen LogP contribution in [0.3, 0.4) is 0 Å². The Bertz CT molecular complexity index is 951. The Kier molecular flexibility index (Phi) is 5.66. The van der Waals surface area contributed by atoms with Crippen LogP contribution in [0.25, 0.3) is 11.3 Å². The molecule has 0 aliphatic rings. The lowest BCUT2D eigenvalue weighted by Gasteiger charge is -2.09. The molecule has 0 spiro atoms. The third-order valence-electron chi connectivity index (χ3n) is 3.88. The summed E-state index contributed by atoms with van der Waals surface area (Å²) in [7, 11) is 0. The molecule has 1 heterocycles. The largest absolute Gasteiger partial charge is 0.461 e. The molecule has 0 bridgehead atoms. The first-order valence-electron chi connectivity index (χ1n) is 8.52. The van der Waals surface area contributed by atoms with Gasteiger partial charge < -0.3 is 15.1 Å². The third kappa shape index (κ3) is 5.04. The van der Waals surface area contributed by atoms with Gasteiger partial charge in [-0.05, 0) is 30.3 Å². The van der Waals surface area contributed by atoms with Crippen LogP contribution in [0.15, 0.2) is 65.1 Å². The lowest BCUT2D eigenvalue weighted by molar-refractivity contribution is -0.116. The van der Waals surface area contributed by atoms with Crippen molar-refractivity contribution < 1.29 is 18.4 Å². The monoisotopic (exact) mass is 366 g/mol. The zero-order valence-electron chi connectivity index (χ0n) is 14.8. The van der Waals surface area contributed by atoms with Gasteiger partial charge in [0, 0.05) is 31.0 Å². The number of carbonyl (C=O) groups excluding carboxylic acids is 2. The van der Waals surface area contributed by atoms with Crippen molar-refractivity contribution in [2.24, 2.45) is 0 Å². The van der Waals surface area contributed by atoms with Crippen LogP contribution in [0, 0.1) is 5.82 Å². The number of benzene rings is 2. The number of halogens is 1. The Morgan fingerprint density at radius 3 is 2.52 bits per heavy atom. The highest BCUT2D eigenvalue weighted by molar-refractivity contribution is 5.93. The average molecular weight is 366 g/mol. The van der Waals surface area contributed by atoms with E-state index >= 15 is 0 Å². The fraction of sp³-hybridized carbons (Fsp3) is 0.143. The van der Waals surface area contributed by atoms with Crippen LogP contribution in [-0.4, -0.2) is 11.8 Å². The van der Waals surface area contributed by atoms with Crippen molar-refractivity contribution in [3.05, 3.63) is 72.2 Å².